The Kier molecular flexibility index (Phi) is 4.04. The van der Waals surface area contributed by atoms with Crippen molar-refractivity contribution in [2.24, 2.45) is 5.73 Å². The minimum atomic E-state index is -0.379. The molecule has 2 nitrogen and oxygen atoms in total. The Morgan fingerprint density at radius 2 is 1.65 bits per heavy atom. The number of rotatable bonds is 3. The maximum Gasteiger partial charge on any atom is 0.132 e. The highest BCUT2D eigenvalue weighted by molar-refractivity contribution is 5.43. The number of hydrogen-bond donors (Lipinski definition) is 1. The van der Waals surface area contributed by atoms with Gasteiger partial charge in [0.05, 0.1) is 0 Å². The zero-order chi connectivity index (χ0) is 14.9. The minimum absolute atomic E-state index is 0.334. The average molecular weight is 277 g/mol. The topological polar surface area (TPSA) is 35.2 Å². The summed E-state index contributed by atoms with van der Waals surface area (Å²) in [7, 11) is 0. The summed E-state index contributed by atoms with van der Waals surface area (Å²) >= 11 is 0. The monoisotopic (exact) mass is 277 g/mol. The standard InChI is InChI=1S/C16H17F2NO/c1-9-4-5-12(7-14(9)17)20-16-6-10(2)15(18)8-13(16)11(3)19/h4-8,11H,19H2,1-3H3. The van der Waals surface area contributed by atoms with E-state index in [-0.39, 0.29) is 17.7 Å². The molecule has 0 aromatic heterocycles. The fourth-order valence-electron chi connectivity index (χ4n) is 1.88. The number of halogens is 2. The molecule has 0 spiro atoms. The van der Waals surface area contributed by atoms with E-state index in [0.29, 0.717) is 28.2 Å². The van der Waals surface area contributed by atoms with E-state index in [0.717, 1.165) is 0 Å². The molecule has 0 radical (unpaired) electrons. The molecule has 4 heteroatoms. The second-order valence-electron chi connectivity index (χ2n) is 4.94. The van der Waals surface area contributed by atoms with Gasteiger partial charge in [-0.05, 0) is 50.1 Å². The summed E-state index contributed by atoms with van der Waals surface area (Å²) in [4.78, 5) is 0. The second kappa shape index (κ2) is 5.59. The van der Waals surface area contributed by atoms with Gasteiger partial charge in [0.25, 0.3) is 0 Å². The molecular formula is C16H17F2NO. The fraction of sp³-hybridized carbons (Fsp3) is 0.250. The van der Waals surface area contributed by atoms with Gasteiger partial charge < -0.3 is 10.5 Å². The highest BCUT2D eigenvalue weighted by Crippen LogP contribution is 2.31. The van der Waals surface area contributed by atoms with Crippen molar-refractivity contribution in [3.63, 3.8) is 0 Å². The maximum atomic E-state index is 13.6. The summed E-state index contributed by atoms with van der Waals surface area (Å²) in [6, 6.07) is 7.16. The van der Waals surface area contributed by atoms with E-state index in [1.807, 2.05) is 0 Å². The van der Waals surface area contributed by atoms with Crippen LogP contribution in [-0.4, -0.2) is 0 Å². The molecule has 2 aromatic rings. The lowest BCUT2D eigenvalue weighted by Gasteiger charge is -2.15. The molecule has 0 aliphatic heterocycles. The van der Waals surface area contributed by atoms with E-state index >= 15 is 0 Å². The molecule has 2 N–H and O–H groups in total. The number of ether oxygens (including phenoxy) is 1. The molecule has 106 valence electrons. The van der Waals surface area contributed by atoms with Crippen LogP contribution in [0.4, 0.5) is 8.78 Å². The summed E-state index contributed by atoms with van der Waals surface area (Å²) < 4.78 is 32.8. The predicted octanol–water partition coefficient (Wildman–Crippen LogP) is 4.39. The first-order valence-electron chi connectivity index (χ1n) is 6.38. The Morgan fingerprint density at radius 3 is 2.25 bits per heavy atom. The smallest absolute Gasteiger partial charge is 0.132 e. The first-order valence-corrected chi connectivity index (χ1v) is 6.38. The highest BCUT2D eigenvalue weighted by Gasteiger charge is 2.13. The van der Waals surface area contributed by atoms with Crippen LogP contribution in [0.1, 0.15) is 29.7 Å². The van der Waals surface area contributed by atoms with Crippen LogP contribution in [-0.2, 0) is 0 Å². The van der Waals surface area contributed by atoms with Crippen molar-refractivity contribution in [3.05, 3.63) is 58.7 Å². The van der Waals surface area contributed by atoms with Gasteiger partial charge in [0.1, 0.15) is 23.1 Å². The van der Waals surface area contributed by atoms with E-state index in [9.17, 15) is 8.78 Å². The first kappa shape index (κ1) is 14.5. The summed E-state index contributed by atoms with van der Waals surface area (Å²) in [5.74, 6) is 0.131. The largest absolute Gasteiger partial charge is 0.457 e. The van der Waals surface area contributed by atoms with Gasteiger partial charge in [-0.15, -0.1) is 0 Å². The van der Waals surface area contributed by atoms with Crippen LogP contribution in [0.15, 0.2) is 30.3 Å². The summed E-state index contributed by atoms with van der Waals surface area (Å²) in [6.07, 6.45) is 0. The zero-order valence-corrected chi connectivity index (χ0v) is 11.7. The molecule has 0 fully saturated rings. The van der Waals surface area contributed by atoms with Crippen LogP contribution in [0.5, 0.6) is 11.5 Å². The van der Waals surface area contributed by atoms with E-state index in [4.69, 9.17) is 10.5 Å². The molecule has 0 bridgehead atoms. The van der Waals surface area contributed by atoms with Crippen molar-refractivity contribution in [2.45, 2.75) is 26.8 Å². The molecule has 2 rings (SSSR count). The van der Waals surface area contributed by atoms with Crippen molar-refractivity contribution in [2.75, 3.05) is 0 Å². The third-order valence-electron chi connectivity index (χ3n) is 3.15. The Labute approximate surface area is 117 Å². The normalized spacial score (nSPS) is 12.3. The number of aryl methyl sites for hydroxylation is 2. The van der Waals surface area contributed by atoms with Crippen LogP contribution >= 0.6 is 0 Å². The maximum absolute atomic E-state index is 13.6. The van der Waals surface area contributed by atoms with Gasteiger partial charge in [-0.2, -0.15) is 0 Å². The Morgan fingerprint density at radius 1 is 1.00 bits per heavy atom. The summed E-state index contributed by atoms with van der Waals surface area (Å²) in [6.45, 7) is 5.06. The molecule has 0 aliphatic rings. The Balaban J connectivity index is 2.41. The van der Waals surface area contributed by atoms with Crippen LogP contribution in [0.2, 0.25) is 0 Å². The van der Waals surface area contributed by atoms with Gasteiger partial charge in [0, 0.05) is 17.7 Å². The SMILES string of the molecule is Cc1ccc(Oc2cc(C)c(F)cc2C(C)N)cc1F. The van der Waals surface area contributed by atoms with E-state index < -0.39 is 0 Å². The van der Waals surface area contributed by atoms with Crippen molar-refractivity contribution < 1.29 is 13.5 Å². The number of nitrogens with two attached hydrogens (primary N) is 1. The highest BCUT2D eigenvalue weighted by atomic mass is 19.1. The van der Waals surface area contributed by atoms with Crippen LogP contribution < -0.4 is 10.5 Å². The molecule has 2 aromatic carbocycles. The van der Waals surface area contributed by atoms with Crippen LogP contribution in [0.3, 0.4) is 0 Å². The average Bonchev–Trinajstić information content (AvgIpc) is 2.37. The molecule has 0 heterocycles. The lowest BCUT2D eigenvalue weighted by Crippen LogP contribution is -2.08. The van der Waals surface area contributed by atoms with Crippen molar-refractivity contribution in [3.8, 4) is 11.5 Å². The molecule has 0 saturated carbocycles. The molecule has 0 amide bonds. The van der Waals surface area contributed by atoms with Gasteiger partial charge in [-0.3, -0.25) is 0 Å². The van der Waals surface area contributed by atoms with Gasteiger partial charge in [0.15, 0.2) is 0 Å². The van der Waals surface area contributed by atoms with Crippen molar-refractivity contribution in [1.29, 1.82) is 0 Å². The summed E-state index contributed by atoms with van der Waals surface area (Å²) in [5, 5.41) is 0. The molecule has 20 heavy (non-hydrogen) atoms. The van der Waals surface area contributed by atoms with Gasteiger partial charge >= 0.3 is 0 Å². The second-order valence-corrected chi connectivity index (χ2v) is 4.94. The molecular weight excluding hydrogens is 260 g/mol. The third kappa shape index (κ3) is 2.96. The van der Waals surface area contributed by atoms with E-state index in [1.54, 1.807) is 39.0 Å². The molecule has 1 unspecified atom stereocenters. The molecule has 1 atom stereocenters. The number of hydrogen-bond acceptors (Lipinski definition) is 2. The fourth-order valence-corrected chi connectivity index (χ4v) is 1.88. The summed E-state index contributed by atoms with van der Waals surface area (Å²) in [5.41, 5.74) is 7.37. The Bertz CT molecular complexity index is 639. The van der Waals surface area contributed by atoms with Crippen molar-refractivity contribution in [1.82, 2.24) is 0 Å². The number of benzene rings is 2. The lowest BCUT2D eigenvalue weighted by atomic mass is 10.0. The van der Waals surface area contributed by atoms with Gasteiger partial charge in [0.2, 0.25) is 0 Å². The van der Waals surface area contributed by atoms with Gasteiger partial charge in [-0.25, -0.2) is 8.78 Å². The molecule has 0 aliphatic carbocycles. The quantitative estimate of drug-likeness (QED) is 0.902. The Hall–Kier alpha value is -1.94. The van der Waals surface area contributed by atoms with E-state index in [1.165, 1.54) is 12.1 Å². The zero-order valence-electron chi connectivity index (χ0n) is 11.7. The van der Waals surface area contributed by atoms with Gasteiger partial charge in [-0.1, -0.05) is 6.07 Å². The van der Waals surface area contributed by atoms with Crippen molar-refractivity contribution >= 4 is 0 Å². The van der Waals surface area contributed by atoms with E-state index in [2.05, 4.69) is 0 Å². The third-order valence-corrected chi connectivity index (χ3v) is 3.15. The molecule has 0 saturated heterocycles. The predicted molar refractivity (Wildman–Crippen MR) is 75.0 cm³/mol. The lowest BCUT2D eigenvalue weighted by molar-refractivity contribution is 0.463. The van der Waals surface area contributed by atoms with Crippen LogP contribution in [0, 0.1) is 25.5 Å². The van der Waals surface area contributed by atoms with Crippen LogP contribution in [0.25, 0.3) is 0 Å². The first-order chi connectivity index (χ1) is 9.38. The minimum Gasteiger partial charge on any atom is -0.457 e.